The highest BCUT2D eigenvalue weighted by atomic mass is 19.1. The van der Waals surface area contributed by atoms with Crippen molar-refractivity contribution >= 4 is 11.7 Å². The third-order valence-corrected chi connectivity index (χ3v) is 2.00. The normalized spacial score (nSPS) is 11.3. The Morgan fingerprint density at radius 1 is 1.27 bits per heavy atom. The van der Waals surface area contributed by atoms with E-state index in [4.69, 9.17) is 0 Å². The van der Waals surface area contributed by atoms with Gasteiger partial charge in [0.25, 0.3) is 5.91 Å². The van der Waals surface area contributed by atoms with E-state index >= 15 is 0 Å². The van der Waals surface area contributed by atoms with Crippen molar-refractivity contribution < 1.29 is 9.18 Å². The molecule has 1 amide bonds. The van der Waals surface area contributed by atoms with Crippen molar-refractivity contribution in [3.63, 3.8) is 0 Å². The Labute approximate surface area is 88.2 Å². The summed E-state index contributed by atoms with van der Waals surface area (Å²) in [7, 11) is 3.60. The van der Waals surface area contributed by atoms with Crippen molar-refractivity contribution in [3.8, 4) is 0 Å². The fourth-order valence-corrected chi connectivity index (χ4v) is 0.904. The second kappa shape index (κ2) is 4.68. The number of rotatable bonds is 1. The maximum Gasteiger partial charge on any atom is 0.278 e. The topological polar surface area (TPSA) is 32.7 Å². The zero-order valence-electron chi connectivity index (χ0n) is 8.99. The molecule has 0 heterocycles. The van der Waals surface area contributed by atoms with E-state index in [0.29, 0.717) is 11.4 Å². The molecular formula is C11H13FN2O. The van der Waals surface area contributed by atoms with Crippen molar-refractivity contribution in [1.82, 2.24) is 4.90 Å². The van der Waals surface area contributed by atoms with E-state index in [2.05, 4.69) is 4.99 Å². The minimum absolute atomic E-state index is 0.360. The third-order valence-electron chi connectivity index (χ3n) is 2.00. The second-order valence-corrected chi connectivity index (χ2v) is 3.37. The van der Waals surface area contributed by atoms with Gasteiger partial charge in [-0.1, -0.05) is 0 Å². The number of benzene rings is 1. The van der Waals surface area contributed by atoms with Crippen molar-refractivity contribution in [3.05, 3.63) is 35.6 Å². The highest BCUT2D eigenvalue weighted by Gasteiger charge is 2.05. The highest BCUT2D eigenvalue weighted by Crippen LogP contribution is 2.04. The number of aliphatic imine (C=N–C) groups is 1. The lowest BCUT2D eigenvalue weighted by molar-refractivity contribution is 0.100. The first-order chi connectivity index (χ1) is 7.00. The molecule has 80 valence electrons. The molecule has 0 aromatic heterocycles. The van der Waals surface area contributed by atoms with Crippen LogP contribution in [0.5, 0.6) is 0 Å². The van der Waals surface area contributed by atoms with E-state index in [1.54, 1.807) is 25.9 Å². The van der Waals surface area contributed by atoms with E-state index in [-0.39, 0.29) is 11.7 Å². The van der Waals surface area contributed by atoms with E-state index in [9.17, 15) is 9.18 Å². The Morgan fingerprint density at radius 3 is 2.27 bits per heavy atom. The molecule has 0 aliphatic carbocycles. The lowest BCUT2D eigenvalue weighted by atomic mass is 10.2. The van der Waals surface area contributed by atoms with Gasteiger partial charge in [-0.05, 0) is 31.2 Å². The average molecular weight is 208 g/mol. The van der Waals surface area contributed by atoms with Gasteiger partial charge in [0.1, 0.15) is 11.7 Å². The van der Waals surface area contributed by atoms with Gasteiger partial charge in [-0.25, -0.2) is 4.39 Å². The molecule has 3 nitrogen and oxygen atoms in total. The number of carbonyl (C=O) groups excluding carboxylic acids is 1. The smallest absolute Gasteiger partial charge is 0.278 e. The second-order valence-electron chi connectivity index (χ2n) is 3.37. The van der Waals surface area contributed by atoms with Crippen LogP contribution in [0, 0.1) is 5.82 Å². The SMILES string of the molecule is CC(=NC(=O)c1ccc(F)cc1)N(C)C. The third kappa shape index (κ3) is 3.16. The number of halogens is 1. The fraction of sp³-hybridized carbons (Fsp3) is 0.273. The number of carbonyl (C=O) groups is 1. The Morgan fingerprint density at radius 2 is 1.80 bits per heavy atom. The van der Waals surface area contributed by atoms with Crippen LogP contribution in [0.2, 0.25) is 0 Å². The number of hydrogen-bond donors (Lipinski definition) is 0. The molecule has 0 N–H and O–H groups in total. The summed E-state index contributed by atoms with van der Waals surface area (Å²) >= 11 is 0. The first-order valence-electron chi connectivity index (χ1n) is 4.53. The van der Waals surface area contributed by atoms with Gasteiger partial charge in [0.2, 0.25) is 0 Å². The summed E-state index contributed by atoms with van der Waals surface area (Å²) in [5.41, 5.74) is 0.387. The van der Waals surface area contributed by atoms with Gasteiger partial charge in [0, 0.05) is 19.7 Å². The van der Waals surface area contributed by atoms with Crippen LogP contribution in [-0.4, -0.2) is 30.7 Å². The minimum atomic E-state index is -0.361. The van der Waals surface area contributed by atoms with Crippen LogP contribution in [0.4, 0.5) is 4.39 Å². The van der Waals surface area contributed by atoms with Crippen LogP contribution < -0.4 is 0 Å². The van der Waals surface area contributed by atoms with Crippen molar-refractivity contribution in [2.24, 2.45) is 4.99 Å². The van der Waals surface area contributed by atoms with Gasteiger partial charge in [-0.3, -0.25) is 4.79 Å². The van der Waals surface area contributed by atoms with Gasteiger partial charge >= 0.3 is 0 Å². The Hall–Kier alpha value is -1.71. The van der Waals surface area contributed by atoms with Crippen molar-refractivity contribution in [2.45, 2.75) is 6.92 Å². The summed E-state index contributed by atoms with van der Waals surface area (Å²) in [4.78, 5) is 17.1. The van der Waals surface area contributed by atoms with Gasteiger partial charge in [0.05, 0.1) is 0 Å². The van der Waals surface area contributed by atoms with E-state index in [1.807, 2.05) is 0 Å². The Kier molecular flexibility index (Phi) is 3.55. The molecule has 0 spiro atoms. The number of nitrogens with zero attached hydrogens (tertiary/aromatic N) is 2. The molecule has 0 saturated carbocycles. The lowest BCUT2D eigenvalue weighted by Crippen LogP contribution is -2.19. The van der Waals surface area contributed by atoms with Crippen LogP contribution in [0.25, 0.3) is 0 Å². The zero-order chi connectivity index (χ0) is 11.4. The monoisotopic (exact) mass is 208 g/mol. The summed E-state index contributed by atoms with van der Waals surface area (Å²) < 4.78 is 12.6. The predicted molar refractivity (Wildman–Crippen MR) is 57.5 cm³/mol. The van der Waals surface area contributed by atoms with Crippen molar-refractivity contribution in [1.29, 1.82) is 0 Å². The molecule has 1 aromatic carbocycles. The lowest BCUT2D eigenvalue weighted by Gasteiger charge is -2.10. The van der Waals surface area contributed by atoms with Crippen LogP contribution in [0.15, 0.2) is 29.3 Å². The summed E-state index contributed by atoms with van der Waals surface area (Å²) in [6.45, 7) is 1.74. The largest absolute Gasteiger partial charge is 0.366 e. The average Bonchev–Trinajstić information content (AvgIpc) is 2.18. The summed E-state index contributed by atoms with van der Waals surface area (Å²) in [5.74, 6) is -0.106. The molecule has 15 heavy (non-hydrogen) atoms. The Balaban J connectivity index is 2.86. The molecule has 0 bridgehead atoms. The van der Waals surface area contributed by atoms with Crippen molar-refractivity contribution in [2.75, 3.05) is 14.1 Å². The maximum absolute atomic E-state index is 12.6. The molecule has 1 aromatic rings. The molecule has 0 fully saturated rings. The summed E-state index contributed by atoms with van der Waals surface area (Å²) in [6.07, 6.45) is 0. The van der Waals surface area contributed by atoms with Gasteiger partial charge in [-0.2, -0.15) is 4.99 Å². The molecule has 0 aliphatic rings. The van der Waals surface area contributed by atoms with Gasteiger partial charge < -0.3 is 4.90 Å². The molecule has 0 saturated heterocycles. The predicted octanol–water partition coefficient (Wildman–Crippen LogP) is 1.95. The van der Waals surface area contributed by atoms with Gasteiger partial charge in [-0.15, -0.1) is 0 Å². The summed E-state index contributed by atoms with van der Waals surface area (Å²) in [6, 6.07) is 5.33. The standard InChI is InChI=1S/C11H13FN2O/c1-8(14(2)3)13-11(15)9-4-6-10(12)7-5-9/h4-7H,1-3H3. The Bertz CT molecular complexity index is 382. The first kappa shape index (κ1) is 11.4. The quantitative estimate of drug-likeness (QED) is 0.522. The van der Waals surface area contributed by atoms with E-state index < -0.39 is 0 Å². The maximum atomic E-state index is 12.6. The highest BCUT2D eigenvalue weighted by molar-refractivity contribution is 6.02. The fourth-order valence-electron chi connectivity index (χ4n) is 0.904. The molecular weight excluding hydrogens is 195 g/mol. The van der Waals surface area contributed by atoms with E-state index in [1.165, 1.54) is 24.3 Å². The van der Waals surface area contributed by atoms with Crippen LogP contribution >= 0.6 is 0 Å². The van der Waals surface area contributed by atoms with Crippen LogP contribution in [0.3, 0.4) is 0 Å². The molecule has 4 heteroatoms. The number of amidine groups is 1. The zero-order valence-corrected chi connectivity index (χ0v) is 8.99. The minimum Gasteiger partial charge on any atom is -0.366 e. The molecule has 0 unspecified atom stereocenters. The molecule has 0 aliphatic heterocycles. The first-order valence-corrected chi connectivity index (χ1v) is 4.53. The molecule has 1 rings (SSSR count). The summed E-state index contributed by atoms with van der Waals surface area (Å²) in [5, 5.41) is 0. The van der Waals surface area contributed by atoms with Gasteiger partial charge in [0.15, 0.2) is 0 Å². The molecule has 0 atom stereocenters. The number of amides is 1. The number of hydrogen-bond acceptors (Lipinski definition) is 1. The van der Waals surface area contributed by atoms with Crippen LogP contribution in [0.1, 0.15) is 17.3 Å². The van der Waals surface area contributed by atoms with Crippen LogP contribution in [-0.2, 0) is 0 Å². The molecule has 0 radical (unpaired) electrons. The van der Waals surface area contributed by atoms with E-state index in [0.717, 1.165) is 0 Å².